The summed E-state index contributed by atoms with van der Waals surface area (Å²) in [6.45, 7) is 21.8. The number of hydrogen-bond donors (Lipinski definition) is 0. The molecule has 1 aliphatic rings. The highest BCUT2D eigenvalue weighted by Gasteiger charge is 2.52. The first kappa shape index (κ1) is 31.0. The molecular formula is C28H47NO7Si. The fraction of sp³-hybridized carbons (Fsp3) is 0.714. The Kier molecular flexibility index (Phi) is 9.40. The van der Waals surface area contributed by atoms with Crippen LogP contribution in [0.3, 0.4) is 0 Å². The monoisotopic (exact) mass is 537 g/mol. The van der Waals surface area contributed by atoms with Crippen LogP contribution in [-0.4, -0.2) is 68.6 Å². The Labute approximate surface area is 224 Å². The minimum atomic E-state index is -2.33. The predicted octanol–water partition coefficient (Wildman–Crippen LogP) is 6.57. The average molecular weight is 538 g/mol. The van der Waals surface area contributed by atoms with Crippen LogP contribution in [0.1, 0.15) is 67.9 Å². The molecule has 0 radical (unpaired) electrons. The fourth-order valence-electron chi connectivity index (χ4n) is 3.79. The summed E-state index contributed by atoms with van der Waals surface area (Å²) in [5.74, 6) is 0.749. The van der Waals surface area contributed by atoms with E-state index in [1.165, 1.54) is 0 Å². The maximum atomic E-state index is 13.4. The van der Waals surface area contributed by atoms with Crippen LogP contribution in [0.5, 0.6) is 5.75 Å². The smallest absolute Gasteiger partial charge is 0.497 e. The topological polar surface area (TPSA) is 83.5 Å². The molecule has 0 aromatic heterocycles. The molecule has 0 unspecified atom stereocenters. The Hall–Kier alpha value is -2.26. The predicted molar refractivity (Wildman–Crippen MR) is 147 cm³/mol. The molecule has 210 valence electrons. The second kappa shape index (κ2) is 11.2. The third-order valence-corrected chi connectivity index (χ3v) is 11.1. The molecular weight excluding hydrogens is 490 g/mol. The van der Waals surface area contributed by atoms with Crippen molar-refractivity contribution in [1.82, 2.24) is 4.90 Å². The summed E-state index contributed by atoms with van der Waals surface area (Å²) in [7, 11) is -0.703. The summed E-state index contributed by atoms with van der Waals surface area (Å²) in [6.07, 6.45) is -2.01. The Morgan fingerprint density at radius 2 is 1.46 bits per heavy atom. The lowest BCUT2D eigenvalue weighted by Crippen LogP contribution is -2.51. The maximum absolute atomic E-state index is 13.4. The first-order chi connectivity index (χ1) is 16.7. The number of hydrogen-bond acceptors (Lipinski definition) is 7. The van der Waals surface area contributed by atoms with Gasteiger partial charge in [0.05, 0.1) is 19.7 Å². The number of nitrogens with zero attached hydrogens (tertiary/aromatic N) is 1. The molecule has 1 fully saturated rings. The summed E-state index contributed by atoms with van der Waals surface area (Å²) in [6, 6.07) is 7.31. The number of likely N-dealkylation sites (tertiary alicyclic amines) is 1. The van der Waals surface area contributed by atoms with E-state index >= 15 is 0 Å². The largest absolute Gasteiger partial charge is 0.509 e. The molecule has 0 N–H and O–H groups in total. The van der Waals surface area contributed by atoms with Crippen molar-refractivity contribution in [3.8, 4) is 5.75 Å². The second-order valence-corrected chi connectivity index (χ2v) is 18.0. The molecule has 0 aliphatic carbocycles. The summed E-state index contributed by atoms with van der Waals surface area (Å²) in [4.78, 5) is 27.8. The van der Waals surface area contributed by atoms with Gasteiger partial charge in [-0.2, -0.15) is 0 Å². The number of amides is 1. The van der Waals surface area contributed by atoms with Crippen molar-refractivity contribution >= 4 is 20.6 Å². The number of rotatable bonds is 6. The van der Waals surface area contributed by atoms with E-state index in [9.17, 15) is 9.59 Å². The van der Waals surface area contributed by atoms with E-state index in [1.54, 1.807) is 32.8 Å². The van der Waals surface area contributed by atoms with Crippen molar-refractivity contribution in [3.05, 3.63) is 29.8 Å². The van der Waals surface area contributed by atoms with E-state index in [4.69, 9.17) is 23.4 Å². The number of carbonyl (C=O) groups excluding carboxylic acids is 2. The molecule has 0 bridgehead atoms. The van der Waals surface area contributed by atoms with Crippen molar-refractivity contribution in [2.75, 3.05) is 13.7 Å². The third-order valence-electron chi connectivity index (χ3n) is 6.63. The van der Waals surface area contributed by atoms with Crippen LogP contribution < -0.4 is 4.74 Å². The van der Waals surface area contributed by atoms with Gasteiger partial charge in [-0.05, 0) is 83.8 Å². The Bertz CT molecular complexity index is 926. The van der Waals surface area contributed by atoms with E-state index in [0.29, 0.717) is 6.42 Å². The van der Waals surface area contributed by atoms with Gasteiger partial charge in [0, 0.05) is 0 Å². The molecule has 1 saturated heterocycles. The molecule has 9 heteroatoms. The third kappa shape index (κ3) is 8.92. The zero-order valence-electron chi connectivity index (χ0n) is 24.8. The molecule has 1 aromatic rings. The van der Waals surface area contributed by atoms with Gasteiger partial charge in [-0.3, -0.25) is 4.90 Å². The number of carbonyl (C=O) groups is 2. The lowest BCUT2D eigenvalue weighted by atomic mass is 10.0. The van der Waals surface area contributed by atoms with Gasteiger partial charge in [-0.15, -0.1) is 0 Å². The van der Waals surface area contributed by atoms with Gasteiger partial charge < -0.3 is 23.4 Å². The fourth-order valence-corrected chi connectivity index (χ4v) is 5.13. The molecule has 1 heterocycles. The Morgan fingerprint density at radius 3 is 1.92 bits per heavy atom. The molecule has 1 aromatic carbocycles. The van der Waals surface area contributed by atoms with Crippen LogP contribution in [0.15, 0.2) is 24.3 Å². The van der Waals surface area contributed by atoms with Crippen LogP contribution in [0.25, 0.3) is 0 Å². The van der Waals surface area contributed by atoms with Crippen molar-refractivity contribution in [2.24, 2.45) is 0 Å². The first-order valence-corrected chi connectivity index (χ1v) is 15.8. The quantitative estimate of drug-likeness (QED) is 0.300. The molecule has 0 spiro atoms. The molecule has 1 aliphatic heterocycles. The zero-order chi connectivity index (χ0) is 28.4. The number of ether oxygens (including phenoxy) is 4. The van der Waals surface area contributed by atoms with E-state index in [1.807, 2.05) is 45.0 Å². The highest BCUT2D eigenvalue weighted by molar-refractivity contribution is 6.74. The van der Waals surface area contributed by atoms with Gasteiger partial charge in [-0.1, -0.05) is 32.9 Å². The van der Waals surface area contributed by atoms with Crippen LogP contribution in [0, 0.1) is 0 Å². The minimum Gasteiger partial charge on any atom is -0.497 e. The van der Waals surface area contributed by atoms with Crippen molar-refractivity contribution in [1.29, 1.82) is 0 Å². The highest BCUT2D eigenvalue weighted by Crippen LogP contribution is 2.40. The van der Waals surface area contributed by atoms with Crippen LogP contribution in [0.4, 0.5) is 9.59 Å². The van der Waals surface area contributed by atoms with Crippen molar-refractivity contribution < 1.29 is 33.0 Å². The van der Waals surface area contributed by atoms with Crippen LogP contribution in [0.2, 0.25) is 18.1 Å². The maximum Gasteiger partial charge on any atom is 0.509 e. The minimum absolute atomic E-state index is 0.0898. The zero-order valence-corrected chi connectivity index (χ0v) is 25.8. The standard InChI is InChI=1S/C28H47NO7Si/c1-26(2,3)34-24(30)29-18-22(33-25(31)35-27(4,5)6)23(36-37(11,12)28(7,8)9)21(29)17-19-13-15-20(32-10)16-14-19/h13-16,21-23H,17-18H2,1-12H3/t21-,22+,23+/m1/s1. The van der Waals surface area contributed by atoms with E-state index in [2.05, 4.69) is 33.9 Å². The number of benzene rings is 1. The van der Waals surface area contributed by atoms with Gasteiger partial charge in [0.25, 0.3) is 0 Å². The van der Waals surface area contributed by atoms with Gasteiger partial charge >= 0.3 is 12.2 Å². The number of methoxy groups -OCH3 is 1. The van der Waals surface area contributed by atoms with E-state index < -0.39 is 50.0 Å². The SMILES string of the molecule is COc1ccc(C[C@@H]2[C@H](O[Si](C)(C)C(C)(C)C)[C@@H](OC(=O)OC(C)(C)C)CN2C(=O)OC(C)(C)C)cc1. The Morgan fingerprint density at radius 1 is 0.919 bits per heavy atom. The van der Waals surface area contributed by atoms with Crippen molar-refractivity contribution in [2.45, 2.75) is 116 Å². The van der Waals surface area contributed by atoms with Gasteiger partial charge in [0.1, 0.15) is 29.2 Å². The normalized spacial score (nSPS) is 21.0. The Balaban J connectivity index is 2.50. The second-order valence-electron chi connectivity index (χ2n) is 13.2. The summed E-state index contributed by atoms with van der Waals surface area (Å²) < 4.78 is 29.2. The summed E-state index contributed by atoms with van der Waals surface area (Å²) >= 11 is 0. The summed E-state index contributed by atoms with van der Waals surface area (Å²) in [5, 5.41) is -0.0898. The molecule has 2 rings (SSSR count). The summed E-state index contributed by atoms with van der Waals surface area (Å²) in [5.41, 5.74) is -0.387. The molecule has 8 nitrogen and oxygen atoms in total. The molecule has 3 atom stereocenters. The lowest BCUT2D eigenvalue weighted by molar-refractivity contribution is -0.0460. The van der Waals surface area contributed by atoms with E-state index in [-0.39, 0.29) is 11.6 Å². The van der Waals surface area contributed by atoms with Crippen LogP contribution >= 0.6 is 0 Å². The van der Waals surface area contributed by atoms with Gasteiger partial charge in [0.15, 0.2) is 8.32 Å². The molecule has 1 amide bonds. The molecule has 0 saturated carbocycles. The average Bonchev–Trinajstić information content (AvgIpc) is 3.01. The van der Waals surface area contributed by atoms with E-state index in [0.717, 1.165) is 11.3 Å². The lowest BCUT2D eigenvalue weighted by Gasteiger charge is -2.41. The molecule has 37 heavy (non-hydrogen) atoms. The van der Waals surface area contributed by atoms with Crippen LogP contribution in [-0.2, 0) is 25.1 Å². The van der Waals surface area contributed by atoms with Gasteiger partial charge in [-0.25, -0.2) is 9.59 Å². The first-order valence-electron chi connectivity index (χ1n) is 12.9. The van der Waals surface area contributed by atoms with Gasteiger partial charge in [0.2, 0.25) is 0 Å². The van der Waals surface area contributed by atoms with Crippen molar-refractivity contribution in [3.63, 3.8) is 0 Å². The highest BCUT2D eigenvalue weighted by atomic mass is 28.4.